The summed E-state index contributed by atoms with van der Waals surface area (Å²) in [6.45, 7) is 4.63. The van der Waals surface area contributed by atoms with Gasteiger partial charge in [-0.05, 0) is 129 Å². The van der Waals surface area contributed by atoms with Crippen LogP contribution in [0.3, 0.4) is 0 Å². The molecule has 304 valence electrons. The third-order valence-electron chi connectivity index (χ3n) is 13.9. The summed E-state index contributed by atoms with van der Waals surface area (Å²) in [7, 11) is 0. The highest BCUT2D eigenvalue weighted by Gasteiger charge is 2.37. The highest BCUT2D eigenvalue weighted by atomic mass is 15.0. The molecule has 0 saturated heterocycles. The van der Waals surface area contributed by atoms with E-state index in [0.717, 1.165) is 38.9 Å². The molecule has 1 aromatic heterocycles. The zero-order valence-corrected chi connectivity index (χ0v) is 36.0. The highest BCUT2D eigenvalue weighted by molar-refractivity contribution is 6.26. The van der Waals surface area contributed by atoms with Gasteiger partial charge < -0.3 is 0 Å². The van der Waals surface area contributed by atoms with E-state index in [0.29, 0.717) is 17.5 Å². The first-order chi connectivity index (χ1) is 32.0. The molecule has 0 aliphatic heterocycles. The monoisotopic (exact) mass is 827 g/mol. The molecule has 0 unspecified atom stereocenters. The standard InChI is InChI=1S/C62H41N3/c1-62(2)56-29-15-14-27-52(56)58-53(28-16-30-57(58)62)61-64-59(38-17-4-3-5-18-38)63-60(65-61)43-34-41(33-42(35-43)54-37-40-19-6-7-20-44(40)45-21-8-12-25-49(45)54)39-31-32-51-48-24-10-9-22-46(48)47-23-11-13-26-50(47)55(51)36-39/h3-37H,1-2H3. The summed E-state index contributed by atoms with van der Waals surface area (Å²) >= 11 is 0. The minimum Gasteiger partial charge on any atom is -0.208 e. The molecule has 1 aliphatic rings. The van der Waals surface area contributed by atoms with E-state index in [9.17, 15) is 0 Å². The summed E-state index contributed by atoms with van der Waals surface area (Å²) in [6, 6.07) is 77.0. The number of hydrogen-bond acceptors (Lipinski definition) is 3. The van der Waals surface area contributed by atoms with Crippen LogP contribution in [0.5, 0.6) is 0 Å². The second kappa shape index (κ2) is 14.4. The Morgan fingerprint density at radius 3 is 1.52 bits per heavy atom. The minimum absolute atomic E-state index is 0.163. The summed E-state index contributed by atoms with van der Waals surface area (Å²) in [4.78, 5) is 16.1. The van der Waals surface area contributed by atoms with Crippen LogP contribution < -0.4 is 0 Å². The van der Waals surface area contributed by atoms with Crippen LogP contribution in [0.15, 0.2) is 212 Å². The average Bonchev–Trinajstić information content (AvgIpc) is 3.61. The van der Waals surface area contributed by atoms with Gasteiger partial charge in [0, 0.05) is 22.1 Å². The van der Waals surface area contributed by atoms with E-state index in [1.165, 1.54) is 76.1 Å². The molecule has 0 spiro atoms. The lowest BCUT2D eigenvalue weighted by molar-refractivity contribution is 0.660. The number of benzene rings is 11. The Hall–Kier alpha value is -8.27. The molecule has 0 radical (unpaired) electrons. The summed E-state index contributed by atoms with van der Waals surface area (Å²) in [6.07, 6.45) is 0. The summed E-state index contributed by atoms with van der Waals surface area (Å²) < 4.78 is 0. The molecule has 0 atom stereocenters. The SMILES string of the molecule is CC1(C)c2ccccc2-c2c(-c3nc(-c4ccccc4)nc(-c4cc(-c5ccc6c7ccccc7c7ccccc7c6c5)cc(-c5cc6ccccc6c6ccccc56)c4)n3)cccc21. The van der Waals surface area contributed by atoms with Gasteiger partial charge in [0.25, 0.3) is 0 Å². The third kappa shape index (κ3) is 5.86. The van der Waals surface area contributed by atoms with Gasteiger partial charge in [0.05, 0.1) is 0 Å². The number of rotatable bonds is 5. The summed E-state index contributed by atoms with van der Waals surface area (Å²) in [5.41, 5.74) is 12.2. The van der Waals surface area contributed by atoms with Gasteiger partial charge in [-0.1, -0.05) is 196 Å². The van der Waals surface area contributed by atoms with Crippen molar-refractivity contribution in [1.29, 1.82) is 0 Å². The molecule has 1 aliphatic carbocycles. The van der Waals surface area contributed by atoms with Crippen LogP contribution in [-0.2, 0) is 5.41 Å². The van der Waals surface area contributed by atoms with E-state index < -0.39 is 0 Å². The van der Waals surface area contributed by atoms with Crippen molar-refractivity contribution in [2.45, 2.75) is 19.3 Å². The van der Waals surface area contributed by atoms with Crippen molar-refractivity contribution in [3.8, 4) is 67.5 Å². The molecular formula is C62H41N3. The van der Waals surface area contributed by atoms with Gasteiger partial charge in [-0.3, -0.25) is 0 Å². The Labute approximate surface area is 377 Å². The average molecular weight is 828 g/mol. The first-order valence-corrected chi connectivity index (χ1v) is 22.4. The molecule has 3 nitrogen and oxygen atoms in total. The second-order valence-corrected chi connectivity index (χ2v) is 17.9. The predicted octanol–water partition coefficient (Wildman–Crippen LogP) is 16.3. The van der Waals surface area contributed by atoms with Crippen molar-refractivity contribution >= 4 is 53.9 Å². The van der Waals surface area contributed by atoms with Crippen LogP contribution in [-0.4, -0.2) is 15.0 Å². The lowest BCUT2D eigenvalue weighted by Crippen LogP contribution is -2.14. The molecule has 65 heavy (non-hydrogen) atoms. The Bertz CT molecular complexity index is 3890. The Morgan fingerprint density at radius 2 is 0.785 bits per heavy atom. The van der Waals surface area contributed by atoms with E-state index in [-0.39, 0.29) is 5.41 Å². The van der Waals surface area contributed by atoms with Gasteiger partial charge in [0.2, 0.25) is 0 Å². The van der Waals surface area contributed by atoms with E-state index >= 15 is 0 Å². The summed E-state index contributed by atoms with van der Waals surface area (Å²) in [5.74, 6) is 1.92. The zero-order chi connectivity index (χ0) is 43.2. The molecule has 0 amide bonds. The minimum atomic E-state index is -0.163. The maximum atomic E-state index is 5.48. The van der Waals surface area contributed by atoms with Crippen LogP contribution in [0, 0.1) is 0 Å². The largest absolute Gasteiger partial charge is 0.208 e. The normalized spacial score (nSPS) is 12.9. The molecule has 0 fully saturated rings. The topological polar surface area (TPSA) is 38.7 Å². The predicted molar refractivity (Wildman–Crippen MR) is 272 cm³/mol. The molecule has 12 aromatic rings. The number of nitrogens with zero attached hydrogens (tertiary/aromatic N) is 3. The van der Waals surface area contributed by atoms with Gasteiger partial charge >= 0.3 is 0 Å². The maximum absolute atomic E-state index is 5.48. The van der Waals surface area contributed by atoms with E-state index in [4.69, 9.17) is 15.0 Å². The van der Waals surface area contributed by atoms with Crippen molar-refractivity contribution in [1.82, 2.24) is 15.0 Å². The summed E-state index contributed by atoms with van der Waals surface area (Å²) in [5, 5.41) is 12.4. The van der Waals surface area contributed by atoms with Crippen molar-refractivity contribution in [3.63, 3.8) is 0 Å². The molecule has 0 N–H and O–H groups in total. The molecule has 0 bridgehead atoms. The molecular weight excluding hydrogens is 787 g/mol. The van der Waals surface area contributed by atoms with E-state index in [1.807, 2.05) is 18.2 Å². The fraction of sp³-hybridized carbons (Fsp3) is 0.0484. The fourth-order valence-corrected chi connectivity index (χ4v) is 10.7. The Morgan fingerprint density at radius 1 is 0.277 bits per heavy atom. The van der Waals surface area contributed by atoms with Crippen LogP contribution in [0.25, 0.3) is 121 Å². The Balaban J connectivity index is 1.10. The molecule has 1 heterocycles. The Kier molecular flexibility index (Phi) is 8.25. The van der Waals surface area contributed by atoms with Crippen LogP contribution in [0.4, 0.5) is 0 Å². The quantitative estimate of drug-likeness (QED) is 0.162. The van der Waals surface area contributed by atoms with Crippen molar-refractivity contribution in [2.24, 2.45) is 0 Å². The molecule has 3 heteroatoms. The first-order valence-electron chi connectivity index (χ1n) is 22.4. The highest BCUT2D eigenvalue weighted by Crippen LogP contribution is 2.52. The van der Waals surface area contributed by atoms with Gasteiger partial charge in [0.1, 0.15) is 0 Å². The van der Waals surface area contributed by atoms with Gasteiger partial charge in [-0.2, -0.15) is 0 Å². The lowest BCUT2D eigenvalue weighted by atomic mass is 9.82. The smallest absolute Gasteiger partial charge is 0.164 e. The van der Waals surface area contributed by atoms with Crippen LogP contribution in [0.2, 0.25) is 0 Å². The second-order valence-electron chi connectivity index (χ2n) is 17.9. The van der Waals surface area contributed by atoms with Crippen LogP contribution in [0.1, 0.15) is 25.0 Å². The van der Waals surface area contributed by atoms with E-state index in [1.54, 1.807) is 0 Å². The van der Waals surface area contributed by atoms with Crippen molar-refractivity contribution in [3.05, 3.63) is 223 Å². The van der Waals surface area contributed by atoms with Gasteiger partial charge in [-0.25, -0.2) is 15.0 Å². The van der Waals surface area contributed by atoms with Crippen LogP contribution >= 0.6 is 0 Å². The first kappa shape index (κ1) is 37.3. The lowest BCUT2D eigenvalue weighted by Gasteiger charge is -2.21. The van der Waals surface area contributed by atoms with E-state index in [2.05, 4.69) is 208 Å². The number of hydrogen-bond donors (Lipinski definition) is 0. The third-order valence-corrected chi connectivity index (χ3v) is 13.9. The maximum Gasteiger partial charge on any atom is 0.164 e. The zero-order valence-electron chi connectivity index (χ0n) is 36.0. The van der Waals surface area contributed by atoms with Crippen molar-refractivity contribution in [2.75, 3.05) is 0 Å². The molecule has 0 saturated carbocycles. The van der Waals surface area contributed by atoms with Gasteiger partial charge in [-0.15, -0.1) is 0 Å². The molecule has 13 rings (SSSR count). The fourth-order valence-electron chi connectivity index (χ4n) is 10.7. The number of fused-ring (bicyclic) bond motifs is 12. The molecule has 11 aromatic carbocycles. The van der Waals surface area contributed by atoms with Gasteiger partial charge in [0.15, 0.2) is 17.5 Å². The number of aromatic nitrogens is 3. The van der Waals surface area contributed by atoms with Crippen molar-refractivity contribution < 1.29 is 0 Å².